The normalized spacial score (nSPS) is 24.4. The molecule has 3 amide bonds. The lowest BCUT2D eigenvalue weighted by Crippen LogP contribution is -2.56. The van der Waals surface area contributed by atoms with Gasteiger partial charge in [-0.15, -0.1) is 23.2 Å². The maximum atomic E-state index is 14.1. The number of carbonyl (C=O) groups is 5. The first-order valence-corrected chi connectivity index (χ1v) is 16.5. The third-order valence-electron chi connectivity index (χ3n) is 8.68. The summed E-state index contributed by atoms with van der Waals surface area (Å²) in [6.07, 6.45) is 0. The van der Waals surface area contributed by atoms with E-state index in [1.54, 1.807) is 0 Å². The summed E-state index contributed by atoms with van der Waals surface area (Å²) in [6, 6.07) is 13.7. The Morgan fingerprint density at radius 1 is 0.706 bits per heavy atom. The number of benzene rings is 3. The number of halogens is 6. The van der Waals surface area contributed by atoms with Crippen LogP contribution in [0, 0.1) is 32.1 Å². The Kier molecular flexibility index (Phi) is 9.10. The number of hydrogen-bond donors (Lipinski definition) is 0. The van der Waals surface area contributed by atoms with E-state index in [-0.39, 0.29) is 43.9 Å². The number of hydrogen-bond acceptors (Lipinski definition) is 10. The number of carbonyl (C=O) groups excluding carboxylic acids is 5. The lowest BCUT2D eigenvalue weighted by Gasteiger charge is -2.36. The third-order valence-corrected chi connectivity index (χ3v) is 12.9. The van der Waals surface area contributed by atoms with Crippen molar-refractivity contribution in [3.05, 3.63) is 120 Å². The van der Waals surface area contributed by atoms with Crippen molar-refractivity contribution >= 4 is 110 Å². The molecule has 20 heteroatoms. The van der Waals surface area contributed by atoms with Crippen molar-refractivity contribution in [2.24, 2.45) is 11.8 Å². The highest BCUT2D eigenvalue weighted by Gasteiger charge is 2.88. The molecule has 1 saturated carbocycles. The van der Waals surface area contributed by atoms with E-state index >= 15 is 0 Å². The molecular formula is C31H16Cl6N4O10. The molecule has 262 valence electrons. The van der Waals surface area contributed by atoms with Gasteiger partial charge in [-0.2, -0.15) is 5.01 Å². The number of esters is 1. The fraction of sp³-hybridized carbons (Fsp3) is 0.194. The second-order valence-electron chi connectivity index (χ2n) is 11.4. The van der Waals surface area contributed by atoms with Gasteiger partial charge in [0.15, 0.2) is 10.1 Å². The largest absolute Gasteiger partial charge is 0.423 e. The molecule has 0 aromatic heterocycles. The second kappa shape index (κ2) is 12.7. The van der Waals surface area contributed by atoms with E-state index in [9.17, 15) is 44.2 Å². The van der Waals surface area contributed by atoms with E-state index in [1.165, 1.54) is 36.4 Å². The van der Waals surface area contributed by atoms with Crippen molar-refractivity contribution < 1.29 is 38.6 Å². The van der Waals surface area contributed by atoms with Crippen molar-refractivity contribution in [1.29, 1.82) is 0 Å². The molecule has 0 radical (unpaired) electrons. The van der Waals surface area contributed by atoms with Gasteiger partial charge in [-0.25, -0.2) is 9.80 Å². The van der Waals surface area contributed by atoms with E-state index in [2.05, 4.69) is 0 Å². The number of Topliss-reactive ketones (excluding diaryl/α,β-unsaturated/α-hetero) is 1. The molecule has 0 spiro atoms. The maximum Gasteiger partial charge on any atom is 0.343 e. The van der Waals surface area contributed by atoms with Crippen LogP contribution in [0.25, 0.3) is 0 Å². The zero-order valence-corrected chi connectivity index (χ0v) is 29.5. The number of alkyl halides is 4. The first-order chi connectivity index (χ1) is 23.9. The average molecular weight is 817 g/mol. The number of rotatable bonds is 9. The van der Waals surface area contributed by atoms with Crippen molar-refractivity contribution in [2.45, 2.75) is 14.1 Å². The minimum Gasteiger partial charge on any atom is -0.423 e. The van der Waals surface area contributed by atoms with Gasteiger partial charge in [0.2, 0.25) is 0 Å². The van der Waals surface area contributed by atoms with E-state index in [0.29, 0.717) is 10.0 Å². The Labute approximate surface area is 315 Å². The van der Waals surface area contributed by atoms with Crippen LogP contribution in [0.4, 0.5) is 11.4 Å². The molecule has 3 aromatic rings. The number of allylic oxidation sites excluding steroid dienone is 2. The van der Waals surface area contributed by atoms with Crippen LogP contribution in [0.2, 0.25) is 0 Å². The van der Waals surface area contributed by atoms with Crippen molar-refractivity contribution in [1.82, 2.24) is 10.0 Å². The fourth-order valence-corrected chi connectivity index (χ4v) is 9.08. The smallest absolute Gasteiger partial charge is 0.343 e. The molecule has 0 N–H and O–H groups in total. The first kappa shape index (κ1) is 36.5. The summed E-state index contributed by atoms with van der Waals surface area (Å²) in [5.74, 6) is -8.33. The summed E-state index contributed by atoms with van der Waals surface area (Å²) in [7, 11) is 0. The quantitative estimate of drug-likeness (QED) is 0.0444. The predicted octanol–water partition coefficient (Wildman–Crippen LogP) is 6.41. The summed E-state index contributed by atoms with van der Waals surface area (Å²) in [4.78, 5) is 84.5. The number of nitro groups is 2. The molecule has 6 rings (SSSR count). The van der Waals surface area contributed by atoms with Crippen LogP contribution in [-0.2, 0) is 9.59 Å². The number of fused-ring (bicyclic) bond motifs is 5. The van der Waals surface area contributed by atoms with Gasteiger partial charge in [-0.05, 0) is 48.5 Å². The molecule has 1 heterocycles. The topological polar surface area (TPSA) is 187 Å². The summed E-state index contributed by atoms with van der Waals surface area (Å²) in [6.45, 7) is -0.943. The predicted molar refractivity (Wildman–Crippen MR) is 182 cm³/mol. The van der Waals surface area contributed by atoms with Gasteiger partial charge in [0.1, 0.15) is 22.0 Å². The summed E-state index contributed by atoms with van der Waals surface area (Å²) >= 11 is 39.4. The van der Waals surface area contributed by atoms with Crippen molar-refractivity contribution in [2.75, 3.05) is 6.54 Å². The van der Waals surface area contributed by atoms with Crippen LogP contribution in [-0.4, -0.2) is 70.0 Å². The Balaban J connectivity index is 1.30. The molecule has 14 nitrogen and oxygen atoms in total. The van der Waals surface area contributed by atoms with Gasteiger partial charge in [-0.1, -0.05) is 46.4 Å². The van der Waals surface area contributed by atoms with Crippen LogP contribution in [0.1, 0.15) is 31.1 Å². The average Bonchev–Trinajstić information content (AvgIpc) is 3.49. The van der Waals surface area contributed by atoms with Gasteiger partial charge in [0.05, 0.1) is 37.3 Å². The van der Waals surface area contributed by atoms with Crippen molar-refractivity contribution in [3.63, 3.8) is 0 Å². The molecule has 2 fully saturated rings. The van der Waals surface area contributed by atoms with E-state index in [0.717, 1.165) is 36.4 Å². The van der Waals surface area contributed by atoms with Crippen LogP contribution in [0.5, 0.6) is 5.75 Å². The molecule has 3 aromatic carbocycles. The van der Waals surface area contributed by atoms with E-state index in [4.69, 9.17) is 74.3 Å². The van der Waals surface area contributed by atoms with Gasteiger partial charge < -0.3 is 4.74 Å². The number of amides is 3. The molecule has 1 aliphatic heterocycles. The molecule has 2 aliphatic carbocycles. The number of nitro benzene ring substituents is 2. The first-order valence-electron chi connectivity index (χ1n) is 14.2. The van der Waals surface area contributed by atoms with Crippen LogP contribution >= 0.6 is 69.6 Å². The zero-order chi connectivity index (χ0) is 37.4. The monoisotopic (exact) mass is 814 g/mol. The van der Waals surface area contributed by atoms with Crippen LogP contribution in [0.15, 0.2) is 82.9 Å². The van der Waals surface area contributed by atoms with Gasteiger partial charge in [-0.3, -0.25) is 39.4 Å². The third kappa shape index (κ3) is 5.35. The Morgan fingerprint density at radius 3 is 1.55 bits per heavy atom. The van der Waals surface area contributed by atoms with E-state index < -0.39 is 71.8 Å². The molecular weight excluding hydrogens is 801 g/mol. The molecule has 1 saturated heterocycles. The molecule has 3 aliphatic rings. The number of nitrogens with zero attached hydrogens (tertiary/aromatic N) is 4. The Hall–Kier alpha value is -4.31. The number of ether oxygens (including phenoxy) is 1. The highest BCUT2D eigenvalue weighted by Crippen LogP contribution is 2.77. The zero-order valence-electron chi connectivity index (χ0n) is 24.9. The van der Waals surface area contributed by atoms with Gasteiger partial charge >= 0.3 is 5.97 Å². The van der Waals surface area contributed by atoms with Gasteiger partial charge in [0.25, 0.3) is 29.1 Å². The molecule has 2 bridgehead atoms. The van der Waals surface area contributed by atoms with E-state index in [1.807, 2.05) is 0 Å². The SMILES string of the molecule is O=C(CN(C(=O)c1ccc([N+](=O)[O-])cc1)N1C(=O)[C@H]2[C@H](C1=O)[C@@]1(Cl)C(Cl)=C(Cl)[C@@]2(Cl)C1(Cl)Cl)c1ccc(OC(=O)c2ccc([N+](=O)[O-])cc2)cc1. The highest BCUT2D eigenvalue weighted by molar-refractivity contribution is 6.66. The molecule has 0 unspecified atom stereocenters. The lowest BCUT2D eigenvalue weighted by molar-refractivity contribution is -0.385. The second-order valence-corrected chi connectivity index (χ2v) is 14.7. The summed E-state index contributed by atoms with van der Waals surface area (Å²) in [5, 5.41) is 22.2. The standard InChI is InChI=1S/C31H16Cl6N4O10/c32-23-24(33)30(35)22-21(29(23,34)31(30,36)37)26(44)39(27(22)45)38(25(43)15-1-7-17(8-2-15)40(47)48)13-20(42)14-5-11-19(12-6-14)51-28(46)16-3-9-18(10-4-16)41(49)50/h1-12,21-22H,13H2/t21-,22-,29-,30-/m1/s1. The molecule has 4 atom stereocenters. The Bertz CT molecular complexity index is 2070. The highest BCUT2D eigenvalue weighted by atomic mass is 35.5. The minimum absolute atomic E-state index is 0.00936. The maximum absolute atomic E-state index is 14.1. The number of imide groups is 1. The fourth-order valence-electron chi connectivity index (χ4n) is 6.15. The summed E-state index contributed by atoms with van der Waals surface area (Å²) < 4.78 is 3.00. The molecule has 51 heavy (non-hydrogen) atoms. The van der Waals surface area contributed by atoms with Crippen LogP contribution in [0.3, 0.4) is 0 Å². The summed E-state index contributed by atoms with van der Waals surface area (Å²) in [5.41, 5.74) is -0.908. The number of non-ortho nitro benzene ring substituents is 2. The lowest BCUT2D eigenvalue weighted by atomic mass is 9.84. The number of hydrazine groups is 1. The van der Waals surface area contributed by atoms with Crippen molar-refractivity contribution in [3.8, 4) is 5.75 Å². The van der Waals surface area contributed by atoms with Gasteiger partial charge in [0, 0.05) is 35.4 Å². The Morgan fingerprint density at radius 2 is 1.12 bits per heavy atom. The number of ketones is 1. The van der Waals surface area contributed by atoms with Crippen LogP contribution < -0.4 is 4.74 Å². The minimum atomic E-state index is -2.27.